The van der Waals surface area contributed by atoms with E-state index in [2.05, 4.69) is 15.6 Å². The van der Waals surface area contributed by atoms with Crippen molar-refractivity contribution < 1.29 is 13.9 Å². The molecule has 2 aromatic rings. The second-order valence-corrected chi connectivity index (χ2v) is 3.09. The minimum atomic E-state index is 0.118. The van der Waals surface area contributed by atoms with E-state index in [9.17, 15) is 0 Å². The molecule has 0 aliphatic rings. The molecule has 0 aliphatic heterocycles. The summed E-state index contributed by atoms with van der Waals surface area (Å²) in [5, 5.41) is 7.55. The first-order valence-corrected chi connectivity index (χ1v) is 4.81. The molecule has 1 heterocycles. The fraction of sp³-hybridized carbons (Fsp3) is 0.200. The smallest absolute Gasteiger partial charge is 0.330 e. The van der Waals surface area contributed by atoms with Gasteiger partial charge < -0.3 is 13.9 Å². The van der Waals surface area contributed by atoms with E-state index < -0.39 is 0 Å². The molecule has 1 aromatic carbocycles. The van der Waals surface area contributed by atoms with E-state index in [4.69, 9.17) is 19.7 Å². The zero-order valence-corrected chi connectivity index (χ0v) is 9.43. The van der Waals surface area contributed by atoms with Crippen molar-refractivity contribution in [1.29, 1.82) is 0 Å². The number of hydrogen-bond donors (Lipinski definition) is 2. The summed E-state index contributed by atoms with van der Waals surface area (Å²) in [5.74, 6) is 6.60. The molecular weight excluding hydrogens is 224 g/mol. The van der Waals surface area contributed by atoms with Gasteiger partial charge in [0.2, 0.25) is 0 Å². The van der Waals surface area contributed by atoms with Gasteiger partial charge in [0.05, 0.1) is 14.2 Å². The fourth-order valence-corrected chi connectivity index (χ4v) is 1.44. The lowest BCUT2D eigenvalue weighted by Gasteiger charge is -2.09. The highest BCUT2D eigenvalue weighted by Gasteiger charge is 2.18. The van der Waals surface area contributed by atoms with Crippen LogP contribution in [0.3, 0.4) is 0 Å². The molecule has 2 rings (SSSR count). The first-order valence-electron chi connectivity index (χ1n) is 4.81. The summed E-state index contributed by atoms with van der Waals surface area (Å²) in [6.45, 7) is 0. The van der Waals surface area contributed by atoms with Gasteiger partial charge in [0.25, 0.3) is 5.89 Å². The van der Waals surface area contributed by atoms with E-state index in [-0.39, 0.29) is 11.9 Å². The molecule has 0 fully saturated rings. The third-order valence-corrected chi connectivity index (χ3v) is 2.19. The van der Waals surface area contributed by atoms with Crippen LogP contribution in [0.5, 0.6) is 11.5 Å². The van der Waals surface area contributed by atoms with E-state index in [0.29, 0.717) is 17.1 Å². The average molecular weight is 236 g/mol. The maximum Gasteiger partial charge on any atom is 0.330 e. The number of nitrogen functional groups attached to an aromatic ring is 1. The Balaban J connectivity index is 2.55. The molecule has 0 saturated carbocycles. The lowest BCUT2D eigenvalue weighted by molar-refractivity contribution is 0.394. The van der Waals surface area contributed by atoms with Gasteiger partial charge in [-0.15, -0.1) is 5.10 Å². The number of hydrazine groups is 1. The van der Waals surface area contributed by atoms with E-state index in [0.717, 1.165) is 0 Å². The van der Waals surface area contributed by atoms with Gasteiger partial charge in [0.1, 0.15) is 17.1 Å². The normalized spacial score (nSPS) is 10.1. The number of rotatable bonds is 4. The van der Waals surface area contributed by atoms with Gasteiger partial charge in [0, 0.05) is 0 Å². The summed E-state index contributed by atoms with van der Waals surface area (Å²) in [5.41, 5.74) is 2.86. The van der Waals surface area contributed by atoms with Crippen molar-refractivity contribution in [1.82, 2.24) is 10.2 Å². The Morgan fingerprint density at radius 2 is 1.82 bits per heavy atom. The zero-order valence-electron chi connectivity index (χ0n) is 9.43. The van der Waals surface area contributed by atoms with Crippen LogP contribution in [-0.2, 0) is 0 Å². The predicted molar refractivity (Wildman–Crippen MR) is 60.6 cm³/mol. The van der Waals surface area contributed by atoms with E-state index in [1.165, 1.54) is 0 Å². The number of methoxy groups -OCH3 is 2. The van der Waals surface area contributed by atoms with Gasteiger partial charge in [-0.1, -0.05) is 11.2 Å². The molecule has 0 radical (unpaired) electrons. The van der Waals surface area contributed by atoms with Crippen molar-refractivity contribution in [3.05, 3.63) is 18.2 Å². The number of anilines is 1. The maximum atomic E-state index is 5.29. The molecule has 7 nitrogen and oxygen atoms in total. The highest BCUT2D eigenvalue weighted by molar-refractivity contribution is 5.70. The van der Waals surface area contributed by atoms with Crippen molar-refractivity contribution in [3.8, 4) is 23.0 Å². The molecule has 7 heteroatoms. The number of benzene rings is 1. The lowest BCUT2D eigenvalue weighted by atomic mass is 10.2. The number of nitrogens with zero attached hydrogens (tertiary/aromatic N) is 2. The Kier molecular flexibility index (Phi) is 3.10. The van der Waals surface area contributed by atoms with E-state index in [1.54, 1.807) is 32.4 Å². The third-order valence-electron chi connectivity index (χ3n) is 2.19. The van der Waals surface area contributed by atoms with Crippen molar-refractivity contribution in [3.63, 3.8) is 0 Å². The standard InChI is InChI=1S/C10H12N4O3/c1-15-6-4-3-5-7(16-2)8(6)9-13-14-10(12-11)17-9/h3-5H,11H2,1-2H3,(H,12,14). The topological polar surface area (TPSA) is 95.4 Å². The lowest BCUT2D eigenvalue weighted by Crippen LogP contribution is -2.06. The van der Waals surface area contributed by atoms with Crippen molar-refractivity contribution >= 4 is 6.01 Å². The first kappa shape index (κ1) is 11.2. The number of aromatic nitrogens is 2. The van der Waals surface area contributed by atoms with Crippen LogP contribution < -0.4 is 20.7 Å². The SMILES string of the molecule is COc1cccc(OC)c1-c1nnc(NN)o1. The van der Waals surface area contributed by atoms with E-state index >= 15 is 0 Å². The van der Waals surface area contributed by atoms with Gasteiger partial charge in [-0.3, -0.25) is 5.43 Å². The number of nitrogens with two attached hydrogens (primary N) is 1. The molecule has 3 N–H and O–H groups in total. The number of ether oxygens (including phenoxy) is 2. The van der Waals surface area contributed by atoms with Crippen LogP contribution in [0.2, 0.25) is 0 Å². The molecule has 0 saturated heterocycles. The molecule has 0 spiro atoms. The van der Waals surface area contributed by atoms with E-state index in [1.807, 2.05) is 0 Å². The Morgan fingerprint density at radius 1 is 1.18 bits per heavy atom. The predicted octanol–water partition coefficient (Wildman–Crippen LogP) is 1.04. The summed E-state index contributed by atoms with van der Waals surface area (Å²) in [6, 6.07) is 5.47. The molecule has 0 atom stereocenters. The van der Waals surface area contributed by atoms with Gasteiger partial charge in [0.15, 0.2) is 0 Å². The Labute approximate surface area is 97.5 Å². The third kappa shape index (κ3) is 2.00. The molecule has 0 bridgehead atoms. The Hall–Kier alpha value is -2.28. The summed E-state index contributed by atoms with van der Waals surface area (Å²) in [6.07, 6.45) is 0. The van der Waals surface area contributed by atoms with Crippen LogP contribution in [0, 0.1) is 0 Å². The minimum Gasteiger partial charge on any atom is -0.496 e. The second-order valence-electron chi connectivity index (χ2n) is 3.09. The Morgan fingerprint density at radius 3 is 2.29 bits per heavy atom. The van der Waals surface area contributed by atoms with Crippen LogP contribution >= 0.6 is 0 Å². The average Bonchev–Trinajstić information content (AvgIpc) is 2.86. The molecule has 0 aliphatic carbocycles. The highest BCUT2D eigenvalue weighted by atomic mass is 16.5. The van der Waals surface area contributed by atoms with Gasteiger partial charge in [-0.2, -0.15) is 0 Å². The van der Waals surface area contributed by atoms with Crippen LogP contribution in [-0.4, -0.2) is 24.4 Å². The summed E-state index contributed by atoms with van der Waals surface area (Å²) < 4.78 is 15.7. The van der Waals surface area contributed by atoms with Crippen LogP contribution in [0.4, 0.5) is 6.01 Å². The monoisotopic (exact) mass is 236 g/mol. The first-order chi connectivity index (χ1) is 8.30. The molecule has 0 amide bonds. The van der Waals surface area contributed by atoms with Crippen LogP contribution in [0.15, 0.2) is 22.6 Å². The van der Waals surface area contributed by atoms with Crippen molar-refractivity contribution in [2.45, 2.75) is 0 Å². The van der Waals surface area contributed by atoms with Crippen LogP contribution in [0.1, 0.15) is 0 Å². The second kappa shape index (κ2) is 4.71. The van der Waals surface area contributed by atoms with Gasteiger partial charge in [-0.25, -0.2) is 5.84 Å². The minimum absolute atomic E-state index is 0.118. The summed E-state index contributed by atoms with van der Waals surface area (Å²) in [4.78, 5) is 0. The summed E-state index contributed by atoms with van der Waals surface area (Å²) in [7, 11) is 3.10. The Bertz CT molecular complexity index is 490. The molecule has 0 unspecified atom stereocenters. The van der Waals surface area contributed by atoms with Gasteiger partial charge >= 0.3 is 6.01 Å². The summed E-state index contributed by atoms with van der Waals surface area (Å²) >= 11 is 0. The van der Waals surface area contributed by atoms with Crippen molar-refractivity contribution in [2.75, 3.05) is 19.6 Å². The maximum absolute atomic E-state index is 5.29. The molecule has 1 aromatic heterocycles. The highest BCUT2D eigenvalue weighted by Crippen LogP contribution is 2.37. The molecular formula is C10H12N4O3. The van der Waals surface area contributed by atoms with Crippen molar-refractivity contribution in [2.24, 2.45) is 5.84 Å². The number of nitrogens with one attached hydrogen (secondary N) is 1. The van der Waals surface area contributed by atoms with Crippen LogP contribution in [0.25, 0.3) is 11.5 Å². The molecule has 17 heavy (non-hydrogen) atoms. The largest absolute Gasteiger partial charge is 0.496 e. The molecule has 90 valence electrons. The quantitative estimate of drug-likeness (QED) is 0.604. The fourth-order valence-electron chi connectivity index (χ4n) is 1.44. The zero-order chi connectivity index (χ0) is 12.3. The van der Waals surface area contributed by atoms with Gasteiger partial charge in [-0.05, 0) is 12.1 Å². The number of hydrogen-bond acceptors (Lipinski definition) is 7.